The molecule has 0 saturated carbocycles. The Hall–Kier alpha value is -2.74. The van der Waals surface area contributed by atoms with Crippen molar-refractivity contribution in [3.63, 3.8) is 0 Å². The predicted molar refractivity (Wildman–Crippen MR) is 112 cm³/mol. The SMILES string of the molecule is CC1CCN(C(=O)CSc2nnc(-c3ccc(F)cc3)n2-c2ccc(F)cc2)CC1. The molecule has 1 saturated heterocycles. The first-order chi connectivity index (χ1) is 14.5. The standard InChI is InChI=1S/C22H22F2N4OS/c1-15-10-12-27(13-11-15)20(29)14-30-22-26-25-21(16-2-4-17(23)5-3-16)28(22)19-8-6-18(24)7-9-19/h2-9,15H,10-14H2,1H3. The van der Waals surface area contributed by atoms with E-state index in [1.807, 2.05) is 4.90 Å². The maximum atomic E-state index is 13.4. The zero-order valence-electron chi connectivity index (χ0n) is 16.6. The monoisotopic (exact) mass is 428 g/mol. The summed E-state index contributed by atoms with van der Waals surface area (Å²) in [5.74, 6) is 0.784. The third-order valence-corrected chi connectivity index (χ3v) is 6.20. The smallest absolute Gasteiger partial charge is 0.233 e. The van der Waals surface area contributed by atoms with E-state index in [9.17, 15) is 13.6 Å². The number of halogens is 2. The third kappa shape index (κ3) is 4.53. The summed E-state index contributed by atoms with van der Waals surface area (Å²) in [6, 6.07) is 11.9. The number of likely N-dealkylation sites (tertiary alicyclic amines) is 1. The summed E-state index contributed by atoms with van der Waals surface area (Å²) in [7, 11) is 0. The molecule has 0 N–H and O–H groups in total. The lowest BCUT2D eigenvalue weighted by Gasteiger charge is -2.30. The van der Waals surface area contributed by atoms with Gasteiger partial charge in [0.15, 0.2) is 11.0 Å². The summed E-state index contributed by atoms with van der Waals surface area (Å²) in [6.07, 6.45) is 2.05. The molecule has 4 rings (SSSR count). The lowest BCUT2D eigenvalue weighted by molar-refractivity contribution is -0.129. The van der Waals surface area contributed by atoms with Gasteiger partial charge in [-0.3, -0.25) is 9.36 Å². The molecule has 0 spiro atoms. The first-order valence-electron chi connectivity index (χ1n) is 9.89. The van der Waals surface area contributed by atoms with E-state index in [0.29, 0.717) is 28.1 Å². The molecule has 0 aliphatic carbocycles. The number of rotatable bonds is 5. The Morgan fingerprint density at radius 1 is 1.00 bits per heavy atom. The number of thioether (sulfide) groups is 1. The van der Waals surface area contributed by atoms with E-state index >= 15 is 0 Å². The topological polar surface area (TPSA) is 51.0 Å². The van der Waals surface area contributed by atoms with Gasteiger partial charge in [-0.2, -0.15) is 0 Å². The van der Waals surface area contributed by atoms with Crippen molar-refractivity contribution in [1.82, 2.24) is 19.7 Å². The van der Waals surface area contributed by atoms with Crippen LogP contribution in [0.1, 0.15) is 19.8 Å². The van der Waals surface area contributed by atoms with Crippen LogP contribution in [-0.4, -0.2) is 44.4 Å². The molecule has 0 unspecified atom stereocenters. The normalized spacial score (nSPS) is 14.8. The number of hydrogen-bond acceptors (Lipinski definition) is 4. The quantitative estimate of drug-likeness (QED) is 0.559. The molecule has 2 heterocycles. The Morgan fingerprint density at radius 2 is 1.60 bits per heavy atom. The van der Waals surface area contributed by atoms with Crippen molar-refractivity contribution < 1.29 is 13.6 Å². The van der Waals surface area contributed by atoms with Gasteiger partial charge in [0.25, 0.3) is 0 Å². The lowest BCUT2D eigenvalue weighted by Crippen LogP contribution is -2.38. The van der Waals surface area contributed by atoms with E-state index in [1.54, 1.807) is 28.8 Å². The Bertz CT molecular complexity index is 1010. The van der Waals surface area contributed by atoms with Crippen LogP contribution < -0.4 is 0 Å². The van der Waals surface area contributed by atoms with Crippen LogP contribution in [0.4, 0.5) is 8.78 Å². The van der Waals surface area contributed by atoms with Crippen LogP contribution in [0.5, 0.6) is 0 Å². The van der Waals surface area contributed by atoms with E-state index < -0.39 is 0 Å². The second kappa shape index (κ2) is 8.95. The summed E-state index contributed by atoms with van der Waals surface area (Å²) < 4.78 is 28.6. The summed E-state index contributed by atoms with van der Waals surface area (Å²) >= 11 is 1.30. The molecule has 0 radical (unpaired) electrons. The van der Waals surface area contributed by atoms with Crippen molar-refractivity contribution >= 4 is 17.7 Å². The van der Waals surface area contributed by atoms with Crippen molar-refractivity contribution in [2.45, 2.75) is 24.9 Å². The zero-order chi connectivity index (χ0) is 21.1. The fourth-order valence-corrected chi connectivity index (χ4v) is 4.30. The van der Waals surface area contributed by atoms with Crippen LogP contribution >= 0.6 is 11.8 Å². The van der Waals surface area contributed by atoms with Gasteiger partial charge in [-0.25, -0.2) is 8.78 Å². The van der Waals surface area contributed by atoms with Gasteiger partial charge < -0.3 is 4.90 Å². The summed E-state index contributed by atoms with van der Waals surface area (Å²) in [5, 5.41) is 9.05. The predicted octanol–water partition coefficient (Wildman–Crippen LogP) is 4.56. The Balaban J connectivity index is 1.60. The average Bonchev–Trinajstić information content (AvgIpc) is 3.17. The second-order valence-corrected chi connectivity index (χ2v) is 8.42. The molecule has 30 heavy (non-hydrogen) atoms. The highest BCUT2D eigenvalue weighted by molar-refractivity contribution is 7.99. The molecule has 8 heteroatoms. The van der Waals surface area contributed by atoms with E-state index in [2.05, 4.69) is 17.1 Å². The highest BCUT2D eigenvalue weighted by Gasteiger charge is 2.22. The molecule has 156 valence electrons. The Kier molecular flexibility index (Phi) is 6.13. The minimum atomic E-state index is -0.348. The molecular formula is C22H22F2N4OS. The number of benzene rings is 2. The van der Waals surface area contributed by atoms with Crippen LogP contribution in [0.3, 0.4) is 0 Å². The number of carbonyl (C=O) groups excluding carboxylic acids is 1. The first-order valence-corrected chi connectivity index (χ1v) is 10.9. The van der Waals surface area contributed by atoms with Crippen LogP contribution in [0, 0.1) is 17.6 Å². The number of piperidine rings is 1. The summed E-state index contributed by atoms with van der Waals surface area (Å²) in [6.45, 7) is 3.77. The molecule has 0 atom stereocenters. The van der Waals surface area contributed by atoms with Gasteiger partial charge >= 0.3 is 0 Å². The molecule has 1 amide bonds. The fraction of sp³-hybridized carbons (Fsp3) is 0.318. The highest BCUT2D eigenvalue weighted by atomic mass is 32.2. The van der Waals surface area contributed by atoms with E-state index in [0.717, 1.165) is 25.9 Å². The Labute approximate surface area is 178 Å². The van der Waals surface area contributed by atoms with Crippen molar-refractivity contribution in [3.8, 4) is 17.1 Å². The van der Waals surface area contributed by atoms with Crippen molar-refractivity contribution in [1.29, 1.82) is 0 Å². The number of nitrogens with zero attached hydrogens (tertiary/aromatic N) is 4. The number of carbonyl (C=O) groups is 1. The van der Waals surface area contributed by atoms with Crippen LogP contribution in [0.15, 0.2) is 53.7 Å². The largest absolute Gasteiger partial charge is 0.342 e. The number of hydrogen-bond donors (Lipinski definition) is 0. The summed E-state index contributed by atoms with van der Waals surface area (Å²) in [4.78, 5) is 14.5. The molecule has 1 fully saturated rings. The summed E-state index contributed by atoms with van der Waals surface area (Å²) in [5.41, 5.74) is 1.35. The molecule has 0 bridgehead atoms. The van der Waals surface area contributed by atoms with Gasteiger partial charge in [0.1, 0.15) is 11.6 Å². The number of aromatic nitrogens is 3. The molecule has 1 aliphatic rings. The van der Waals surface area contributed by atoms with E-state index in [-0.39, 0.29) is 23.3 Å². The Morgan fingerprint density at radius 3 is 2.23 bits per heavy atom. The molecule has 3 aromatic rings. The van der Waals surface area contributed by atoms with E-state index in [4.69, 9.17) is 0 Å². The maximum absolute atomic E-state index is 13.4. The molecular weight excluding hydrogens is 406 g/mol. The van der Waals surface area contributed by atoms with Crippen LogP contribution in [0.2, 0.25) is 0 Å². The molecule has 1 aliphatic heterocycles. The van der Waals surface area contributed by atoms with Crippen molar-refractivity contribution in [3.05, 3.63) is 60.2 Å². The third-order valence-electron chi connectivity index (χ3n) is 5.28. The fourth-order valence-electron chi connectivity index (χ4n) is 3.45. The van der Waals surface area contributed by atoms with Crippen LogP contribution in [-0.2, 0) is 4.79 Å². The maximum Gasteiger partial charge on any atom is 0.233 e. The molecule has 2 aromatic carbocycles. The second-order valence-electron chi connectivity index (χ2n) is 7.48. The van der Waals surface area contributed by atoms with Crippen LogP contribution in [0.25, 0.3) is 17.1 Å². The van der Waals surface area contributed by atoms with Crippen molar-refractivity contribution in [2.75, 3.05) is 18.8 Å². The van der Waals surface area contributed by atoms with Gasteiger partial charge in [0, 0.05) is 24.3 Å². The highest BCUT2D eigenvalue weighted by Crippen LogP contribution is 2.29. The average molecular weight is 429 g/mol. The lowest BCUT2D eigenvalue weighted by atomic mass is 9.99. The minimum absolute atomic E-state index is 0.0730. The number of amides is 1. The molecule has 1 aromatic heterocycles. The zero-order valence-corrected chi connectivity index (χ0v) is 17.4. The minimum Gasteiger partial charge on any atom is -0.342 e. The van der Waals surface area contributed by atoms with Gasteiger partial charge in [-0.15, -0.1) is 10.2 Å². The van der Waals surface area contributed by atoms with Gasteiger partial charge in [-0.05, 0) is 67.3 Å². The van der Waals surface area contributed by atoms with E-state index in [1.165, 1.54) is 36.0 Å². The van der Waals surface area contributed by atoms with Crippen molar-refractivity contribution in [2.24, 2.45) is 5.92 Å². The van der Waals surface area contributed by atoms with Gasteiger partial charge in [0.05, 0.1) is 5.75 Å². The molecule has 5 nitrogen and oxygen atoms in total. The van der Waals surface area contributed by atoms with Gasteiger partial charge in [-0.1, -0.05) is 18.7 Å². The first kappa shape index (κ1) is 20.5. The van der Waals surface area contributed by atoms with Gasteiger partial charge in [0.2, 0.25) is 5.91 Å².